The van der Waals surface area contributed by atoms with Gasteiger partial charge in [-0.05, 0) is 46.7 Å². The fourth-order valence-corrected chi connectivity index (χ4v) is 4.19. The van der Waals surface area contributed by atoms with Gasteiger partial charge in [0.15, 0.2) is 6.21 Å². The minimum Gasteiger partial charge on any atom is -0.618 e. The van der Waals surface area contributed by atoms with Crippen molar-refractivity contribution in [3.8, 4) is 20.9 Å². The molecule has 0 unspecified atom stereocenters. The first-order valence-electron chi connectivity index (χ1n) is 7.89. The molecule has 4 rings (SSSR count). The molecule has 0 atom stereocenters. The van der Waals surface area contributed by atoms with Gasteiger partial charge in [0.1, 0.15) is 0 Å². The lowest BCUT2D eigenvalue weighted by Gasteiger charge is -2.06. The minimum atomic E-state index is 0.626. The average Bonchev–Trinajstić information content (AvgIpc) is 3.36. The van der Waals surface area contributed by atoms with Crippen molar-refractivity contribution in [3.05, 3.63) is 94.3 Å². The Morgan fingerprint density at radius 3 is 2.08 bits per heavy atom. The molecule has 4 heteroatoms. The number of rotatable bonds is 4. The molecule has 2 heterocycles. The molecule has 0 aliphatic rings. The van der Waals surface area contributed by atoms with Crippen LogP contribution in [0, 0.1) is 5.21 Å². The quantitative estimate of drug-likeness (QED) is 0.179. The standard InChI is InChI=1S/C21H15NOS2/c23-22(18-11-9-16(10-12-18)20-7-3-13-24-20)15-17-5-1-2-6-19(17)21-8-4-14-25-21/h1-15H/b22-15-. The van der Waals surface area contributed by atoms with Gasteiger partial charge in [0.05, 0.1) is 0 Å². The first kappa shape index (κ1) is 15.8. The van der Waals surface area contributed by atoms with E-state index in [9.17, 15) is 5.21 Å². The SMILES string of the molecule is [O-]/[N+](=C\c1ccccc1-c1cccs1)c1ccc(-c2cccs2)cc1. The highest BCUT2D eigenvalue weighted by Crippen LogP contribution is 2.28. The zero-order chi connectivity index (χ0) is 17.1. The molecular formula is C21H15NOS2. The Kier molecular flexibility index (Phi) is 4.46. The predicted molar refractivity (Wildman–Crippen MR) is 108 cm³/mol. The fraction of sp³-hybridized carbons (Fsp3) is 0. The molecule has 2 aromatic carbocycles. The van der Waals surface area contributed by atoms with Crippen molar-refractivity contribution in [2.24, 2.45) is 0 Å². The first-order valence-corrected chi connectivity index (χ1v) is 9.65. The lowest BCUT2D eigenvalue weighted by Crippen LogP contribution is -2.00. The Balaban J connectivity index is 1.66. The molecule has 0 aliphatic heterocycles. The zero-order valence-electron chi connectivity index (χ0n) is 13.3. The van der Waals surface area contributed by atoms with Crippen LogP contribution in [0.1, 0.15) is 5.56 Å². The van der Waals surface area contributed by atoms with E-state index >= 15 is 0 Å². The van der Waals surface area contributed by atoms with E-state index in [1.165, 1.54) is 4.88 Å². The topological polar surface area (TPSA) is 26.1 Å². The number of hydrogen-bond acceptors (Lipinski definition) is 3. The number of thiophene rings is 2. The van der Waals surface area contributed by atoms with Gasteiger partial charge in [-0.1, -0.05) is 30.3 Å². The van der Waals surface area contributed by atoms with E-state index in [0.29, 0.717) is 5.69 Å². The van der Waals surface area contributed by atoms with Crippen molar-refractivity contribution in [2.75, 3.05) is 0 Å². The maximum absolute atomic E-state index is 12.6. The van der Waals surface area contributed by atoms with Crippen LogP contribution >= 0.6 is 22.7 Å². The molecule has 4 aromatic rings. The molecule has 0 saturated heterocycles. The maximum Gasteiger partial charge on any atom is 0.216 e. The second-order valence-electron chi connectivity index (χ2n) is 5.54. The molecule has 0 amide bonds. The first-order chi connectivity index (χ1) is 12.3. The average molecular weight is 361 g/mol. The van der Waals surface area contributed by atoms with Crippen LogP contribution in [0.2, 0.25) is 0 Å². The van der Waals surface area contributed by atoms with Crippen LogP contribution in [0.4, 0.5) is 5.69 Å². The highest BCUT2D eigenvalue weighted by molar-refractivity contribution is 7.13. The van der Waals surface area contributed by atoms with E-state index in [-0.39, 0.29) is 0 Å². The van der Waals surface area contributed by atoms with Crippen LogP contribution in [-0.2, 0) is 0 Å². The van der Waals surface area contributed by atoms with Gasteiger partial charge in [0.2, 0.25) is 5.69 Å². The van der Waals surface area contributed by atoms with Crippen LogP contribution in [0.5, 0.6) is 0 Å². The van der Waals surface area contributed by atoms with Gasteiger partial charge in [-0.2, -0.15) is 4.74 Å². The van der Waals surface area contributed by atoms with Crippen LogP contribution < -0.4 is 0 Å². The van der Waals surface area contributed by atoms with Crippen molar-refractivity contribution < 1.29 is 4.74 Å². The van der Waals surface area contributed by atoms with E-state index in [1.807, 2.05) is 66.0 Å². The predicted octanol–water partition coefficient (Wildman–Crippen LogP) is 6.40. The Hall–Kier alpha value is -2.69. The molecule has 2 aromatic heterocycles. The monoisotopic (exact) mass is 361 g/mol. The number of benzene rings is 2. The summed E-state index contributed by atoms with van der Waals surface area (Å²) >= 11 is 3.37. The molecule has 0 N–H and O–H groups in total. The van der Waals surface area contributed by atoms with Crippen LogP contribution in [-0.4, -0.2) is 11.0 Å². The Morgan fingerprint density at radius 1 is 0.720 bits per heavy atom. The highest BCUT2D eigenvalue weighted by Gasteiger charge is 2.09. The molecule has 2 nitrogen and oxygen atoms in total. The van der Waals surface area contributed by atoms with Gasteiger partial charge >= 0.3 is 0 Å². The molecular weight excluding hydrogens is 346 g/mol. The van der Waals surface area contributed by atoms with Crippen LogP contribution in [0.25, 0.3) is 20.9 Å². The third kappa shape index (κ3) is 3.40. The molecule has 0 saturated carbocycles. The maximum atomic E-state index is 12.6. The fourth-order valence-electron chi connectivity index (χ4n) is 2.68. The Bertz CT molecular complexity index is 985. The summed E-state index contributed by atoms with van der Waals surface area (Å²) in [5, 5.41) is 16.7. The Labute approximate surface area is 154 Å². The van der Waals surface area contributed by atoms with Gasteiger partial charge in [0, 0.05) is 33.0 Å². The summed E-state index contributed by atoms with van der Waals surface area (Å²) in [5.74, 6) is 0. The molecule has 0 aliphatic carbocycles. The molecule has 25 heavy (non-hydrogen) atoms. The lowest BCUT2D eigenvalue weighted by molar-refractivity contribution is -0.354. The summed E-state index contributed by atoms with van der Waals surface area (Å²) in [6.07, 6.45) is 1.65. The number of nitrogens with zero attached hydrogens (tertiary/aromatic N) is 1. The molecule has 122 valence electrons. The van der Waals surface area contributed by atoms with E-state index < -0.39 is 0 Å². The summed E-state index contributed by atoms with van der Waals surface area (Å²) in [5.41, 5.74) is 3.75. The number of hydrogen-bond donors (Lipinski definition) is 0. The van der Waals surface area contributed by atoms with Gasteiger partial charge < -0.3 is 5.21 Å². The smallest absolute Gasteiger partial charge is 0.216 e. The summed E-state index contributed by atoms with van der Waals surface area (Å²) in [6, 6.07) is 23.9. The van der Waals surface area contributed by atoms with Crippen molar-refractivity contribution in [3.63, 3.8) is 0 Å². The largest absolute Gasteiger partial charge is 0.618 e. The lowest BCUT2D eigenvalue weighted by atomic mass is 10.1. The minimum absolute atomic E-state index is 0.626. The van der Waals surface area contributed by atoms with E-state index in [0.717, 1.165) is 26.3 Å². The van der Waals surface area contributed by atoms with Crippen molar-refractivity contribution >= 4 is 34.6 Å². The second kappa shape index (κ2) is 7.05. The zero-order valence-corrected chi connectivity index (χ0v) is 15.0. The van der Waals surface area contributed by atoms with Gasteiger partial charge in [-0.15, -0.1) is 22.7 Å². The summed E-state index contributed by atoms with van der Waals surface area (Å²) in [4.78, 5) is 2.37. The van der Waals surface area contributed by atoms with Crippen LogP contribution in [0.15, 0.2) is 83.6 Å². The second-order valence-corrected chi connectivity index (χ2v) is 7.44. The van der Waals surface area contributed by atoms with Crippen molar-refractivity contribution in [2.45, 2.75) is 0 Å². The summed E-state index contributed by atoms with van der Waals surface area (Å²) in [7, 11) is 0. The van der Waals surface area contributed by atoms with Crippen molar-refractivity contribution in [1.29, 1.82) is 0 Å². The third-order valence-corrected chi connectivity index (χ3v) is 5.75. The van der Waals surface area contributed by atoms with E-state index in [2.05, 4.69) is 17.5 Å². The molecule has 0 bridgehead atoms. The van der Waals surface area contributed by atoms with E-state index in [4.69, 9.17) is 0 Å². The molecule has 0 spiro atoms. The van der Waals surface area contributed by atoms with E-state index in [1.54, 1.807) is 28.9 Å². The summed E-state index contributed by atoms with van der Waals surface area (Å²) < 4.78 is 0.935. The Morgan fingerprint density at radius 2 is 1.40 bits per heavy atom. The van der Waals surface area contributed by atoms with Crippen LogP contribution in [0.3, 0.4) is 0 Å². The van der Waals surface area contributed by atoms with Crippen molar-refractivity contribution in [1.82, 2.24) is 0 Å². The third-order valence-electron chi connectivity index (χ3n) is 3.93. The highest BCUT2D eigenvalue weighted by atomic mass is 32.1. The van der Waals surface area contributed by atoms with Gasteiger partial charge in [0.25, 0.3) is 0 Å². The molecule has 0 radical (unpaired) electrons. The van der Waals surface area contributed by atoms with Gasteiger partial charge in [-0.25, -0.2) is 0 Å². The normalized spacial score (nSPS) is 11.6. The molecule has 0 fully saturated rings. The van der Waals surface area contributed by atoms with Gasteiger partial charge in [-0.3, -0.25) is 0 Å². The summed E-state index contributed by atoms with van der Waals surface area (Å²) in [6.45, 7) is 0.